The molecule has 2 rings (SSSR count). The van der Waals surface area contributed by atoms with Crippen LogP contribution in [0, 0.1) is 5.82 Å². The number of nitrogens with one attached hydrogen (secondary N) is 1. The van der Waals surface area contributed by atoms with Crippen LogP contribution in [0.4, 0.5) is 10.1 Å². The summed E-state index contributed by atoms with van der Waals surface area (Å²) in [6.45, 7) is 0.741. The van der Waals surface area contributed by atoms with Crippen LogP contribution >= 0.6 is 11.6 Å². The fourth-order valence-corrected chi connectivity index (χ4v) is 1.71. The monoisotopic (exact) mass is 231 g/mol. The van der Waals surface area contributed by atoms with Gasteiger partial charge in [0.25, 0.3) is 0 Å². The smallest absolute Gasteiger partial charge is 0.124 e. The van der Waals surface area contributed by atoms with E-state index in [-0.39, 0.29) is 11.9 Å². The van der Waals surface area contributed by atoms with Crippen LogP contribution in [-0.2, 0) is 4.74 Å². The number of aliphatic hydroxyl groups is 1. The second-order valence-corrected chi connectivity index (χ2v) is 3.89. The quantitative estimate of drug-likeness (QED) is 0.813. The van der Waals surface area contributed by atoms with Gasteiger partial charge in [-0.2, -0.15) is 0 Å². The van der Waals surface area contributed by atoms with E-state index in [1.807, 2.05) is 0 Å². The highest BCUT2D eigenvalue weighted by Crippen LogP contribution is 2.24. The predicted molar refractivity (Wildman–Crippen MR) is 55.6 cm³/mol. The number of aliphatic hydroxyl groups excluding tert-OH is 1. The number of benzene rings is 1. The van der Waals surface area contributed by atoms with Gasteiger partial charge in [0.2, 0.25) is 0 Å². The Labute approximate surface area is 91.8 Å². The molecule has 0 radical (unpaired) electrons. The second-order valence-electron chi connectivity index (χ2n) is 3.48. The summed E-state index contributed by atoms with van der Waals surface area (Å²) in [6.07, 6.45) is -0.550. The number of anilines is 1. The molecule has 0 aromatic heterocycles. The van der Waals surface area contributed by atoms with E-state index in [4.69, 9.17) is 16.3 Å². The fourth-order valence-electron chi connectivity index (χ4n) is 1.49. The van der Waals surface area contributed by atoms with Crippen molar-refractivity contribution < 1.29 is 14.2 Å². The van der Waals surface area contributed by atoms with E-state index in [1.165, 1.54) is 12.1 Å². The average Bonchev–Trinajstić information content (AvgIpc) is 2.57. The Balaban J connectivity index is 2.10. The molecular weight excluding hydrogens is 221 g/mol. The Morgan fingerprint density at radius 2 is 2.27 bits per heavy atom. The Morgan fingerprint density at radius 3 is 2.87 bits per heavy atom. The Kier molecular flexibility index (Phi) is 3.09. The molecule has 5 heteroatoms. The summed E-state index contributed by atoms with van der Waals surface area (Å²) in [4.78, 5) is 0. The summed E-state index contributed by atoms with van der Waals surface area (Å²) in [5, 5.41) is 12.8. The summed E-state index contributed by atoms with van der Waals surface area (Å²) in [5.74, 6) is -0.381. The molecule has 0 aliphatic carbocycles. The molecule has 1 fully saturated rings. The largest absolute Gasteiger partial charge is 0.388 e. The van der Waals surface area contributed by atoms with Gasteiger partial charge in [-0.1, -0.05) is 11.6 Å². The topological polar surface area (TPSA) is 41.5 Å². The number of hydrogen-bond acceptors (Lipinski definition) is 3. The van der Waals surface area contributed by atoms with Crippen molar-refractivity contribution in [2.24, 2.45) is 0 Å². The number of ether oxygens (including phenoxy) is 1. The maximum Gasteiger partial charge on any atom is 0.124 e. The van der Waals surface area contributed by atoms with Crippen LogP contribution in [-0.4, -0.2) is 30.5 Å². The lowest BCUT2D eigenvalue weighted by molar-refractivity contribution is 0.125. The van der Waals surface area contributed by atoms with Crippen molar-refractivity contribution in [3.8, 4) is 0 Å². The van der Waals surface area contributed by atoms with Gasteiger partial charge in [0, 0.05) is 0 Å². The van der Waals surface area contributed by atoms with E-state index in [1.54, 1.807) is 6.07 Å². The highest BCUT2D eigenvalue weighted by molar-refractivity contribution is 6.33. The molecule has 0 amide bonds. The van der Waals surface area contributed by atoms with Crippen molar-refractivity contribution in [1.29, 1.82) is 0 Å². The van der Waals surface area contributed by atoms with Crippen molar-refractivity contribution in [1.82, 2.24) is 0 Å². The molecule has 82 valence electrons. The molecule has 1 aromatic carbocycles. The van der Waals surface area contributed by atoms with Gasteiger partial charge >= 0.3 is 0 Å². The number of hydrogen-bond donors (Lipinski definition) is 2. The molecule has 2 N–H and O–H groups in total. The second kappa shape index (κ2) is 4.35. The zero-order valence-electron chi connectivity index (χ0n) is 7.91. The highest BCUT2D eigenvalue weighted by atomic mass is 35.5. The number of halogens is 2. The lowest BCUT2D eigenvalue weighted by Gasteiger charge is -2.16. The van der Waals surface area contributed by atoms with E-state index < -0.39 is 6.10 Å². The Bertz CT molecular complexity index is 361. The summed E-state index contributed by atoms with van der Waals surface area (Å²) < 4.78 is 17.8. The summed E-state index contributed by atoms with van der Waals surface area (Å²) in [5.41, 5.74) is 0.604. The van der Waals surface area contributed by atoms with Gasteiger partial charge in [0.05, 0.1) is 36.1 Å². The third-order valence-electron chi connectivity index (χ3n) is 2.32. The molecule has 1 aliphatic rings. The standard InChI is InChI=1S/C10H11ClFNO2/c11-7-3-6(12)1-2-8(7)13-9-4-15-5-10(9)14/h1-3,9-10,13-14H,4-5H2. The summed E-state index contributed by atoms with van der Waals surface area (Å²) in [7, 11) is 0. The van der Waals surface area contributed by atoms with E-state index in [9.17, 15) is 9.50 Å². The van der Waals surface area contributed by atoms with Crippen molar-refractivity contribution in [2.45, 2.75) is 12.1 Å². The van der Waals surface area contributed by atoms with Gasteiger partial charge in [-0.3, -0.25) is 0 Å². The first-order valence-corrected chi connectivity index (χ1v) is 5.02. The zero-order valence-corrected chi connectivity index (χ0v) is 8.67. The first kappa shape index (κ1) is 10.7. The molecular formula is C10H11ClFNO2. The van der Waals surface area contributed by atoms with Gasteiger partial charge < -0.3 is 15.2 Å². The maximum atomic E-state index is 12.8. The van der Waals surface area contributed by atoms with Crippen LogP contribution in [0.2, 0.25) is 5.02 Å². The van der Waals surface area contributed by atoms with Crippen LogP contribution in [0.3, 0.4) is 0 Å². The van der Waals surface area contributed by atoms with Gasteiger partial charge in [0.1, 0.15) is 5.82 Å². The first-order valence-electron chi connectivity index (χ1n) is 4.64. The van der Waals surface area contributed by atoms with Gasteiger partial charge in [0.15, 0.2) is 0 Å². The van der Waals surface area contributed by atoms with Crippen molar-refractivity contribution >= 4 is 17.3 Å². The molecule has 15 heavy (non-hydrogen) atoms. The molecule has 1 heterocycles. The minimum atomic E-state index is -0.550. The molecule has 3 nitrogen and oxygen atoms in total. The van der Waals surface area contributed by atoms with E-state index >= 15 is 0 Å². The van der Waals surface area contributed by atoms with Crippen molar-refractivity contribution in [3.05, 3.63) is 29.0 Å². The first-order chi connectivity index (χ1) is 7.16. The Morgan fingerprint density at radius 1 is 1.47 bits per heavy atom. The van der Waals surface area contributed by atoms with E-state index in [2.05, 4.69) is 5.32 Å². The molecule has 2 unspecified atom stereocenters. The van der Waals surface area contributed by atoms with Gasteiger partial charge in [-0.25, -0.2) is 4.39 Å². The highest BCUT2D eigenvalue weighted by Gasteiger charge is 2.26. The molecule has 1 aromatic rings. The summed E-state index contributed by atoms with van der Waals surface area (Å²) in [6, 6.07) is 3.90. The minimum Gasteiger partial charge on any atom is -0.388 e. The van der Waals surface area contributed by atoms with Crippen LogP contribution in [0.5, 0.6) is 0 Å². The van der Waals surface area contributed by atoms with Crippen LogP contribution in [0.1, 0.15) is 0 Å². The zero-order chi connectivity index (χ0) is 10.8. The summed E-state index contributed by atoms with van der Waals surface area (Å²) >= 11 is 5.83. The lowest BCUT2D eigenvalue weighted by Crippen LogP contribution is -2.31. The molecule has 0 bridgehead atoms. The van der Waals surface area contributed by atoms with Crippen molar-refractivity contribution in [2.75, 3.05) is 18.5 Å². The fraction of sp³-hybridized carbons (Fsp3) is 0.400. The molecule has 0 saturated carbocycles. The Hall–Kier alpha value is -0.840. The molecule has 1 saturated heterocycles. The minimum absolute atomic E-state index is 0.187. The molecule has 0 spiro atoms. The average molecular weight is 232 g/mol. The third-order valence-corrected chi connectivity index (χ3v) is 2.64. The van der Waals surface area contributed by atoms with Gasteiger partial charge in [-0.15, -0.1) is 0 Å². The normalized spacial score (nSPS) is 25.5. The third kappa shape index (κ3) is 2.40. The SMILES string of the molecule is OC1COCC1Nc1ccc(F)cc1Cl. The van der Waals surface area contributed by atoms with E-state index in [0.29, 0.717) is 23.9 Å². The molecule has 1 aliphatic heterocycles. The maximum absolute atomic E-state index is 12.8. The van der Waals surface area contributed by atoms with E-state index in [0.717, 1.165) is 0 Å². The van der Waals surface area contributed by atoms with Crippen LogP contribution in [0.25, 0.3) is 0 Å². The predicted octanol–water partition coefficient (Wildman–Crippen LogP) is 1.65. The van der Waals surface area contributed by atoms with Crippen LogP contribution in [0.15, 0.2) is 18.2 Å². The lowest BCUT2D eigenvalue weighted by atomic mass is 10.2. The molecule has 2 atom stereocenters. The van der Waals surface area contributed by atoms with Crippen LogP contribution < -0.4 is 5.32 Å². The van der Waals surface area contributed by atoms with Crippen molar-refractivity contribution in [3.63, 3.8) is 0 Å². The van der Waals surface area contributed by atoms with Gasteiger partial charge in [-0.05, 0) is 18.2 Å². The number of rotatable bonds is 2.